The Kier molecular flexibility index (Phi) is 4.45. The fourth-order valence-corrected chi connectivity index (χ4v) is 3.84. The van der Waals surface area contributed by atoms with E-state index in [1.807, 2.05) is 30.3 Å². The summed E-state index contributed by atoms with van der Waals surface area (Å²) in [5.41, 5.74) is 7.00. The van der Waals surface area contributed by atoms with Crippen molar-refractivity contribution in [2.75, 3.05) is 12.3 Å². The topological polar surface area (TPSA) is 89.3 Å². The highest BCUT2D eigenvalue weighted by molar-refractivity contribution is 8.00. The van der Waals surface area contributed by atoms with Gasteiger partial charge in [-0.15, -0.1) is 11.8 Å². The van der Waals surface area contributed by atoms with Crippen LogP contribution < -0.4 is 11.1 Å². The number of rotatable bonds is 4. The number of benzene rings is 1. The van der Waals surface area contributed by atoms with Crippen molar-refractivity contribution in [3.63, 3.8) is 0 Å². The smallest absolute Gasteiger partial charge is 0.249 e. The summed E-state index contributed by atoms with van der Waals surface area (Å²) in [7, 11) is 0. The van der Waals surface area contributed by atoms with Crippen molar-refractivity contribution >= 4 is 29.2 Å². The first kappa shape index (κ1) is 15.7. The molecule has 1 heterocycles. The number of hydrogen-bond donors (Lipinski definition) is 2. The van der Waals surface area contributed by atoms with Crippen LogP contribution in [-0.2, 0) is 20.8 Å². The predicted octanol–water partition coefficient (Wildman–Crippen LogP) is 0.752. The summed E-state index contributed by atoms with van der Waals surface area (Å²) in [5.74, 6) is -1.04. The van der Waals surface area contributed by atoms with Crippen LogP contribution in [0.25, 0.3) is 0 Å². The standard InChI is InChI=1S/C17H16N2O3S/c18-16(22)12-9-11(8-10-4-2-1-3-5-10)14(20)15(21)13(12)17-19-6-7-23-17/h1-5,9,17,19H,6-8H2,(H2,18,22). The summed E-state index contributed by atoms with van der Waals surface area (Å²) in [6, 6.07) is 9.34. The molecule has 3 rings (SSSR count). The Morgan fingerprint density at radius 1 is 1.22 bits per heavy atom. The largest absolute Gasteiger partial charge is 0.366 e. The number of Topliss-reactive ketones (excluding diaryl/α,β-unsaturated/α-hetero) is 2. The number of thioether (sulfide) groups is 1. The number of carbonyl (C=O) groups excluding carboxylic acids is 3. The highest BCUT2D eigenvalue weighted by Gasteiger charge is 2.37. The van der Waals surface area contributed by atoms with Gasteiger partial charge in [0.15, 0.2) is 0 Å². The first-order chi connectivity index (χ1) is 11.1. The molecule has 0 aromatic heterocycles. The molecule has 1 aromatic rings. The number of hydrogen-bond acceptors (Lipinski definition) is 5. The third-order valence-corrected chi connectivity index (χ3v) is 5.01. The van der Waals surface area contributed by atoms with Crippen LogP contribution in [0.15, 0.2) is 53.1 Å². The van der Waals surface area contributed by atoms with Gasteiger partial charge in [-0.3, -0.25) is 14.4 Å². The molecule has 118 valence electrons. The fourth-order valence-electron chi connectivity index (χ4n) is 2.73. The predicted molar refractivity (Wildman–Crippen MR) is 88.7 cm³/mol. The van der Waals surface area contributed by atoms with Gasteiger partial charge in [0.2, 0.25) is 17.5 Å². The lowest BCUT2D eigenvalue weighted by Gasteiger charge is -2.21. The van der Waals surface area contributed by atoms with Gasteiger partial charge in [0.05, 0.1) is 5.37 Å². The minimum Gasteiger partial charge on any atom is -0.366 e. The molecule has 23 heavy (non-hydrogen) atoms. The summed E-state index contributed by atoms with van der Waals surface area (Å²) in [6.45, 7) is 0.729. The van der Waals surface area contributed by atoms with Crippen LogP contribution in [0, 0.1) is 0 Å². The van der Waals surface area contributed by atoms with Gasteiger partial charge in [0, 0.05) is 35.4 Å². The van der Waals surface area contributed by atoms with E-state index in [0.717, 1.165) is 17.9 Å². The molecule has 1 aliphatic heterocycles. The minimum atomic E-state index is -0.680. The lowest BCUT2D eigenvalue weighted by atomic mass is 9.86. The Hall–Kier alpha value is -2.18. The van der Waals surface area contributed by atoms with E-state index in [0.29, 0.717) is 12.0 Å². The van der Waals surface area contributed by atoms with Gasteiger partial charge in [-0.05, 0) is 11.6 Å². The van der Waals surface area contributed by atoms with Crippen molar-refractivity contribution in [2.45, 2.75) is 11.8 Å². The van der Waals surface area contributed by atoms with Crippen molar-refractivity contribution in [1.29, 1.82) is 0 Å². The van der Waals surface area contributed by atoms with E-state index in [1.54, 1.807) is 0 Å². The zero-order valence-corrected chi connectivity index (χ0v) is 13.2. The van der Waals surface area contributed by atoms with Gasteiger partial charge in [0.1, 0.15) is 0 Å². The Labute approximate surface area is 138 Å². The van der Waals surface area contributed by atoms with Crippen molar-refractivity contribution in [3.05, 3.63) is 58.7 Å². The Bertz CT molecular complexity index is 731. The van der Waals surface area contributed by atoms with Crippen LogP contribution in [0.1, 0.15) is 5.56 Å². The van der Waals surface area contributed by atoms with E-state index in [2.05, 4.69) is 5.32 Å². The van der Waals surface area contributed by atoms with E-state index >= 15 is 0 Å². The molecule has 1 aliphatic carbocycles. The number of allylic oxidation sites excluding steroid dienone is 1. The molecule has 5 nitrogen and oxygen atoms in total. The van der Waals surface area contributed by atoms with Gasteiger partial charge in [-0.25, -0.2) is 0 Å². The molecule has 2 aliphatic rings. The summed E-state index contributed by atoms with van der Waals surface area (Å²) >= 11 is 1.50. The lowest BCUT2D eigenvalue weighted by molar-refractivity contribution is -0.132. The van der Waals surface area contributed by atoms with Crippen molar-refractivity contribution in [3.8, 4) is 0 Å². The van der Waals surface area contributed by atoms with Gasteiger partial charge in [-0.2, -0.15) is 0 Å². The molecular weight excluding hydrogens is 312 g/mol. The van der Waals surface area contributed by atoms with Crippen LogP contribution in [0.3, 0.4) is 0 Å². The first-order valence-electron chi connectivity index (χ1n) is 7.30. The number of primary amides is 1. The van der Waals surface area contributed by atoms with Crippen LogP contribution in [0.4, 0.5) is 0 Å². The number of nitrogens with one attached hydrogen (secondary N) is 1. The second-order valence-corrected chi connectivity index (χ2v) is 6.60. The number of nitrogens with two attached hydrogens (primary N) is 1. The maximum Gasteiger partial charge on any atom is 0.249 e. The van der Waals surface area contributed by atoms with Gasteiger partial charge < -0.3 is 11.1 Å². The quantitative estimate of drug-likeness (QED) is 0.629. The van der Waals surface area contributed by atoms with Gasteiger partial charge >= 0.3 is 0 Å². The molecule has 1 saturated heterocycles. The molecule has 0 saturated carbocycles. The average molecular weight is 328 g/mol. The molecule has 1 atom stereocenters. The Morgan fingerprint density at radius 3 is 2.57 bits per heavy atom. The maximum absolute atomic E-state index is 12.5. The Balaban J connectivity index is 2.01. The Morgan fingerprint density at radius 2 is 1.96 bits per heavy atom. The molecule has 1 fully saturated rings. The number of amides is 1. The molecule has 1 amide bonds. The second kappa shape index (κ2) is 6.52. The molecule has 0 radical (unpaired) electrons. The third kappa shape index (κ3) is 3.13. The van der Waals surface area contributed by atoms with Crippen LogP contribution in [0.5, 0.6) is 0 Å². The van der Waals surface area contributed by atoms with E-state index in [-0.39, 0.29) is 16.5 Å². The SMILES string of the molecule is NC(=O)C1=C(C2NCCS2)C(=O)C(=O)C(Cc2ccccc2)=C1. The van der Waals surface area contributed by atoms with E-state index in [4.69, 9.17) is 5.73 Å². The van der Waals surface area contributed by atoms with Crippen LogP contribution in [-0.4, -0.2) is 35.1 Å². The van der Waals surface area contributed by atoms with E-state index < -0.39 is 17.5 Å². The summed E-state index contributed by atoms with van der Waals surface area (Å²) in [5, 5.41) is 2.78. The summed E-state index contributed by atoms with van der Waals surface area (Å²) in [6.07, 6.45) is 1.79. The fraction of sp³-hybridized carbons (Fsp3) is 0.235. The normalized spacial score (nSPS) is 21.6. The molecule has 0 bridgehead atoms. The molecular formula is C17H16N2O3S. The number of carbonyl (C=O) groups is 3. The highest BCUT2D eigenvalue weighted by Crippen LogP contribution is 2.30. The molecule has 6 heteroatoms. The van der Waals surface area contributed by atoms with Crippen molar-refractivity contribution in [2.24, 2.45) is 5.73 Å². The maximum atomic E-state index is 12.5. The van der Waals surface area contributed by atoms with Crippen LogP contribution in [0.2, 0.25) is 0 Å². The van der Waals surface area contributed by atoms with Gasteiger partial charge in [0.25, 0.3) is 0 Å². The third-order valence-electron chi connectivity index (χ3n) is 3.83. The number of ketones is 2. The van der Waals surface area contributed by atoms with Gasteiger partial charge in [-0.1, -0.05) is 30.3 Å². The average Bonchev–Trinajstić information content (AvgIpc) is 3.06. The van der Waals surface area contributed by atoms with Crippen molar-refractivity contribution in [1.82, 2.24) is 5.32 Å². The zero-order valence-electron chi connectivity index (χ0n) is 12.4. The van der Waals surface area contributed by atoms with Crippen molar-refractivity contribution < 1.29 is 14.4 Å². The molecule has 0 spiro atoms. The van der Waals surface area contributed by atoms with Crippen LogP contribution >= 0.6 is 11.8 Å². The molecule has 3 N–H and O–H groups in total. The highest BCUT2D eigenvalue weighted by atomic mass is 32.2. The zero-order chi connectivity index (χ0) is 16.4. The van der Waals surface area contributed by atoms with E-state index in [1.165, 1.54) is 17.8 Å². The first-order valence-corrected chi connectivity index (χ1v) is 8.35. The monoisotopic (exact) mass is 328 g/mol. The summed E-state index contributed by atoms with van der Waals surface area (Å²) < 4.78 is 0. The minimum absolute atomic E-state index is 0.146. The second-order valence-electron chi connectivity index (χ2n) is 5.39. The molecule has 1 unspecified atom stereocenters. The molecule has 1 aromatic carbocycles. The summed E-state index contributed by atoms with van der Waals surface area (Å²) in [4.78, 5) is 36.7. The van der Waals surface area contributed by atoms with E-state index in [9.17, 15) is 14.4 Å². The lowest BCUT2D eigenvalue weighted by Crippen LogP contribution is -2.36.